The van der Waals surface area contributed by atoms with Gasteiger partial charge in [0.2, 0.25) is 18.1 Å². The van der Waals surface area contributed by atoms with Crippen molar-refractivity contribution < 1.29 is 23.4 Å². The number of amides is 1. The van der Waals surface area contributed by atoms with Crippen molar-refractivity contribution >= 4 is 11.9 Å². The van der Waals surface area contributed by atoms with E-state index in [1.807, 2.05) is 6.07 Å². The lowest BCUT2D eigenvalue weighted by molar-refractivity contribution is -0.231. The van der Waals surface area contributed by atoms with Crippen LogP contribution in [-0.4, -0.2) is 65.9 Å². The molecule has 37 heavy (non-hydrogen) atoms. The zero-order valence-corrected chi connectivity index (χ0v) is 20.6. The third-order valence-corrected chi connectivity index (χ3v) is 5.77. The molecule has 3 aromatic rings. The highest BCUT2D eigenvalue weighted by atomic mass is 19.1. The van der Waals surface area contributed by atoms with E-state index in [1.54, 1.807) is 38.4 Å². The molecule has 194 valence electrons. The van der Waals surface area contributed by atoms with Gasteiger partial charge >= 0.3 is 0 Å². The summed E-state index contributed by atoms with van der Waals surface area (Å²) in [6.07, 6.45) is 1.42. The Bertz CT molecular complexity index is 1250. The smallest absolute Gasteiger partial charge is 0.230 e. The number of nitrogens with one attached hydrogen (secondary N) is 3. The minimum Gasteiger partial charge on any atom is -0.385 e. The maximum Gasteiger partial charge on any atom is 0.230 e. The Morgan fingerprint density at radius 1 is 1.27 bits per heavy atom. The van der Waals surface area contributed by atoms with Gasteiger partial charge in [0.25, 0.3) is 0 Å². The van der Waals surface area contributed by atoms with E-state index in [1.165, 1.54) is 12.1 Å². The summed E-state index contributed by atoms with van der Waals surface area (Å²) in [6, 6.07) is 9.59. The number of nitriles is 1. The summed E-state index contributed by atoms with van der Waals surface area (Å²) in [6.45, 7) is 3.15. The predicted octanol–water partition coefficient (Wildman–Crippen LogP) is 2.81. The molecule has 1 amide bonds. The highest BCUT2D eigenvalue weighted by Crippen LogP contribution is 2.35. The Kier molecular flexibility index (Phi) is 8.39. The number of ether oxygens (including phenoxy) is 3. The number of imidazole rings is 1. The number of aromatic amines is 1. The highest BCUT2D eigenvalue weighted by molar-refractivity contribution is 5.82. The quantitative estimate of drug-likeness (QED) is 0.277. The van der Waals surface area contributed by atoms with Crippen LogP contribution >= 0.6 is 0 Å². The summed E-state index contributed by atoms with van der Waals surface area (Å²) in [5, 5.41) is 14.5. The maximum atomic E-state index is 13.6. The van der Waals surface area contributed by atoms with Crippen LogP contribution in [0.3, 0.4) is 0 Å². The van der Waals surface area contributed by atoms with Gasteiger partial charge in [-0.1, -0.05) is 0 Å². The number of anilines is 1. The zero-order valence-electron chi connectivity index (χ0n) is 20.6. The Hall–Kier alpha value is -3.92. The van der Waals surface area contributed by atoms with Gasteiger partial charge in [0, 0.05) is 32.0 Å². The molecule has 1 aromatic carbocycles. The summed E-state index contributed by atoms with van der Waals surface area (Å²) < 4.78 is 30.4. The highest BCUT2D eigenvalue weighted by Gasteiger charge is 2.40. The van der Waals surface area contributed by atoms with Gasteiger partial charge in [-0.2, -0.15) is 5.26 Å². The van der Waals surface area contributed by atoms with Crippen LogP contribution in [-0.2, 0) is 19.0 Å². The van der Waals surface area contributed by atoms with Crippen LogP contribution in [0, 0.1) is 22.6 Å². The minimum atomic E-state index is -0.854. The Morgan fingerprint density at radius 3 is 2.73 bits per heavy atom. The predicted molar refractivity (Wildman–Crippen MR) is 131 cm³/mol. The average molecular weight is 510 g/mol. The third kappa shape index (κ3) is 6.26. The maximum absolute atomic E-state index is 13.6. The van der Waals surface area contributed by atoms with Crippen molar-refractivity contribution in [2.75, 3.05) is 45.3 Å². The summed E-state index contributed by atoms with van der Waals surface area (Å²) in [4.78, 5) is 29.2. The number of halogens is 1. The van der Waals surface area contributed by atoms with Crippen LogP contribution in [0.1, 0.15) is 25.5 Å². The van der Waals surface area contributed by atoms with Gasteiger partial charge in [-0.05, 0) is 43.7 Å². The molecule has 0 atom stereocenters. The summed E-state index contributed by atoms with van der Waals surface area (Å²) in [5.41, 5.74) is 1.36. The van der Waals surface area contributed by atoms with Crippen LogP contribution in [0.2, 0.25) is 0 Å². The van der Waals surface area contributed by atoms with Gasteiger partial charge < -0.3 is 29.8 Å². The molecule has 1 aliphatic rings. The molecular weight excluding hydrogens is 481 g/mol. The minimum absolute atomic E-state index is 0.0466. The van der Waals surface area contributed by atoms with Crippen LogP contribution < -0.4 is 10.6 Å². The van der Waals surface area contributed by atoms with Gasteiger partial charge in [0.15, 0.2) is 5.82 Å². The molecular formula is C25H28FN7O4. The van der Waals surface area contributed by atoms with Crippen molar-refractivity contribution in [1.29, 1.82) is 5.26 Å². The van der Waals surface area contributed by atoms with E-state index >= 15 is 0 Å². The molecule has 1 saturated heterocycles. The number of hydrogen-bond donors (Lipinski definition) is 3. The van der Waals surface area contributed by atoms with Crippen LogP contribution in [0.15, 0.2) is 36.5 Å². The van der Waals surface area contributed by atoms with E-state index in [-0.39, 0.29) is 37.4 Å². The van der Waals surface area contributed by atoms with E-state index in [4.69, 9.17) is 19.5 Å². The van der Waals surface area contributed by atoms with Gasteiger partial charge in [0.1, 0.15) is 12.4 Å². The number of aromatic nitrogens is 4. The second-order valence-corrected chi connectivity index (χ2v) is 8.75. The lowest BCUT2D eigenvalue weighted by atomic mass is 9.91. The van der Waals surface area contributed by atoms with E-state index in [2.05, 4.69) is 30.6 Å². The number of carbonyl (C=O) groups is 1. The van der Waals surface area contributed by atoms with E-state index in [0.29, 0.717) is 48.0 Å². The largest absolute Gasteiger partial charge is 0.385 e. The number of rotatable bonds is 10. The second-order valence-electron chi connectivity index (χ2n) is 8.75. The first-order chi connectivity index (χ1) is 17.9. The first kappa shape index (κ1) is 26.2. The molecule has 0 saturated carbocycles. The third-order valence-electron chi connectivity index (χ3n) is 5.77. The van der Waals surface area contributed by atoms with Crippen molar-refractivity contribution in [2.24, 2.45) is 5.41 Å². The standard InChI is InChI=1S/C25H28FN7O4/c1-25(23(34)28-10-3-13-35-2)14-36-22(37-15-25)21-32-19(16-4-6-17(26)7-5-16)20(33-21)18-8-11-29-24(31-18)30-12-9-27/h4-8,11,22H,3,10,12-15H2,1-2H3,(H,28,34)(H,32,33)(H,29,30,31). The molecule has 3 N–H and O–H groups in total. The molecule has 0 radical (unpaired) electrons. The number of nitrogens with zero attached hydrogens (tertiary/aromatic N) is 4. The first-order valence-corrected chi connectivity index (χ1v) is 11.7. The van der Waals surface area contributed by atoms with Crippen LogP contribution in [0.4, 0.5) is 10.3 Å². The van der Waals surface area contributed by atoms with Gasteiger partial charge in [-0.15, -0.1) is 0 Å². The Balaban J connectivity index is 1.56. The molecule has 11 nitrogen and oxygen atoms in total. The molecule has 12 heteroatoms. The topological polar surface area (TPSA) is 147 Å². The number of H-pyrrole nitrogens is 1. The summed E-state index contributed by atoms with van der Waals surface area (Å²) in [7, 11) is 1.61. The van der Waals surface area contributed by atoms with Crippen molar-refractivity contribution in [3.05, 3.63) is 48.2 Å². The fourth-order valence-electron chi connectivity index (χ4n) is 3.74. The normalized spacial score (nSPS) is 19.2. The number of benzene rings is 1. The van der Waals surface area contributed by atoms with Gasteiger partial charge in [-0.25, -0.2) is 19.3 Å². The molecule has 2 aromatic heterocycles. The molecule has 0 spiro atoms. The van der Waals surface area contributed by atoms with Crippen LogP contribution in [0.25, 0.3) is 22.6 Å². The second kappa shape index (κ2) is 11.9. The summed E-state index contributed by atoms with van der Waals surface area (Å²) >= 11 is 0. The lowest BCUT2D eigenvalue weighted by Crippen LogP contribution is -2.48. The summed E-state index contributed by atoms with van der Waals surface area (Å²) in [5.74, 6) is 0.122. The van der Waals surface area contributed by atoms with E-state index in [9.17, 15) is 9.18 Å². The van der Waals surface area contributed by atoms with E-state index < -0.39 is 11.7 Å². The van der Waals surface area contributed by atoms with Gasteiger partial charge in [0.05, 0.1) is 41.8 Å². The molecule has 1 aliphatic heterocycles. The zero-order chi connectivity index (χ0) is 26.3. The number of methoxy groups -OCH3 is 1. The molecule has 1 fully saturated rings. The van der Waals surface area contributed by atoms with Crippen molar-refractivity contribution in [3.8, 4) is 28.7 Å². The van der Waals surface area contributed by atoms with Crippen molar-refractivity contribution in [2.45, 2.75) is 19.6 Å². The fourth-order valence-corrected chi connectivity index (χ4v) is 3.74. The van der Waals surface area contributed by atoms with Crippen molar-refractivity contribution in [3.63, 3.8) is 0 Å². The van der Waals surface area contributed by atoms with E-state index in [0.717, 1.165) is 0 Å². The molecule has 0 aliphatic carbocycles. The molecule has 0 unspecified atom stereocenters. The molecule has 4 rings (SSSR count). The number of hydrogen-bond acceptors (Lipinski definition) is 9. The lowest BCUT2D eigenvalue weighted by Gasteiger charge is -2.35. The van der Waals surface area contributed by atoms with Gasteiger partial charge in [-0.3, -0.25) is 4.79 Å². The SMILES string of the molecule is COCCCNC(=O)C1(C)COC(c2nc(-c3ccc(F)cc3)c(-c3ccnc(NCC#N)n3)[nH]2)OC1. The average Bonchev–Trinajstić information content (AvgIpc) is 3.36. The van der Waals surface area contributed by atoms with Crippen LogP contribution in [0.5, 0.6) is 0 Å². The number of carbonyl (C=O) groups excluding carboxylic acids is 1. The molecule has 0 bridgehead atoms. The Labute approximate surface area is 213 Å². The Morgan fingerprint density at radius 2 is 2.03 bits per heavy atom. The van der Waals surface area contributed by atoms with Crippen molar-refractivity contribution in [1.82, 2.24) is 25.3 Å². The first-order valence-electron chi connectivity index (χ1n) is 11.7. The monoisotopic (exact) mass is 509 g/mol. The fraction of sp³-hybridized carbons (Fsp3) is 0.400. The molecule has 3 heterocycles.